The van der Waals surface area contributed by atoms with Crippen molar-refractivity contribution in [2.24, 2.45) is 5.92 Å². The van der Waals surface area contributed by atoms with E-state index in [1.165, 1.54) is 6.07 Å². The maximum Gasteiger partial charge on any atom is 0.255 e. The topological polar surface area (TPSA) is 58.2 Å². The first-order valence-electron chi connectivity index (χ1n) is 7.51. The molecular weight excluding hydrogens is 347 g/mol. The normalized spacial score (nSPS) is 10.5. The van der Waals surface area contributed by atoms with Crippen molar-refractivity contribution >= 4 is 46.4 Å². The highest BCUT2D eigenvalue weighted by Gasteiger charge is 2.09. The lowest BCUT2D eigenvalue weighted by atomic mass is 10.1. The number of hydrogen-bond acceptors (Lipinski definition) is 2. The molecule has 4 nitrogen and oxygen atoms in total. The molecule has 0 fully saturated rings. The van der Waals surface area contributed by atoms with Crippen LogP contribution in [0.1, 0.15) is 30.6 Å². The minimum Gasteiger partial charge on any atom is -0.326 e. The molecule has 0 heterocycles. The lowest BCUT2D eigenvalue weighted by Gasteiger charge is -2.09. The summed E-state index contributed by atoms with van der Waals surface area (Å²) < 4.78 is 0. The summed E-state index contributed by atoms with van der Waals surface area (Å²) >= 11 is 11.8. The van der Waals surface area contributed by atoms with E-state index in [0.29, 0.717) is 39.3 Å². The predicted molar refractivity (Wildman–Crippen MR) is 98.9 cm³/mol. The Hall–Kier alpha value is -2.04. The van der Waals surface area contributed by atoms with Crippen molar-refractivity contribution < 1.29 is 9.59 Å². The van der Waals surface area contributed by atoms with E-state index < -0.39 is 0 Å². The Kier molecular flexibility index (Phi) is 6.23. The van der Waals surface area contributed by atoms with Crippen LogP contribution in [-0.4, -0.2) is 11.8 Å². The lowest BCUT2D eigenvalue weighted by Crippen LogP contribution is -2.14. The predicted octanol–water partition coefficient (Wildman–Crippen LogP) is 5.23. The molecule has 2 amide bonds. The summed E-state index contributed by atoms with van der Waals surface area (Å²) in [6, 6.07) is 11.6. The summed E-state index contributed by atoms with van der Waals surface area (Å²) in [4.78, 5) is 23.9. The van der Waals surface area contributed by atoms with Crippen LogP contribution < -0.4 is 10.6 Å². The summed E-state index contributed by atoms with van der Waals surface area (Å²) in [6.45, 7) is 3.97. The van der Waals surface area contributed by atoms with Gasteiger partial charge in [-0.25, -0.2) is 0 Å². The van der Waals surface area contributed by atoms with E-state index in [9.17, 15) is 9.59 Å². The van der Waals surface area contributed by atoms with Crippen molar-refractivity contribution in [1.82, 2.24) is 0 Å². The minimum atomic E-state index is -0.287. The van der Waals surface area contributed by atoms with Crippen LogP contribution in [0.4, 0.5) is 11.4 Å². The fraction of sp³-hybridized carbons (Fsp3) is 0.222. The number of carbonyl (C=O) groups excluding carboxylic acids is 2. The Morgan fingerprint density at radius 2 is 1.50 bits per heavy atom. The molecule has 2 aromatic carbocycles. The second-order valence-corrected chi connectivity index (χ2v) is 6.62. The zero-order chi connectivity index (χ0) is 17.7. The molecule has 6 heteroatoms. The Morgan fingerprint density at radius 1 is 0.917 bits per heavy atom. The average molecular weight is 365 g/mol. The van der Waals surface area contributed by atoms with Crippen LogP contribution in [0.5, 0.6) is 0 Å². The second kappa shape index (κ2) is 8.18. The molecule has 0 bridgehead atoms. The molecule has 2 rings (SSSR count). The lowest BCUT2D eigenvalue weighted by molar-refractivity contribution is -0.116. The van der Waals surface area contributed by atoms with Gasteiger partial charge in [0.2, 0.25) is 5.91 Å². The molecule has 0 aliphatic rings. The number of anilines is 2. The van der Waals surface area contributed by atoms with E-state index in [1.807, 2.05) is 13.8 Å². The molecule has 0 atom stereocenters. The van der Waals surface area contributed by atoms with Gasteiger partial charge in [0.25, 0.3) is 5.91 Å². The summed E-state index contributed by atoms with van der Waals surface area (Å²) in [6.07, 6.45) is 0.468. The molecule has 2 aromatic rings. The Balaban J connectivity index is 1.99. The van der Waals surface area contributed by atoms with Gasteiger partial charge in [-0.2, -0.15) is 0 Å². The van der Waals surface area contributed by atoms with Crippen molar-refractivity contribution in [3.63, 3.8) is 0 Å². The van der Waals surface area contributed by atoms with Gasteiger partial charge in [0, 0.05) is 23.4 Å². The van der Waals surface area contributed by atoms with Crippen LogP contribution in [0, 0.1) is 5.92 Å². The van der Waals surface area contributed by atoms with E-state index >= 15 is 0 Å². The third-order valence-electron chi connectivity index (χ3n) is 3.20. The van der Waals surface area contributed by atoms with E-state index in [-0.39, 0.29) is 11.8 Å². The van der Waals surface area contributed by atoms with Crippen LogP contribution in [0.15, 0.2) is 42.5 Å². The van der Waals surface area contributed by atoms with Crippen molar-refractivity contribution in [3.8, 4) is 0 Å². The van der Waals surface area contributed by atoms with E-state index in [1.54, 1.807) is 36.4 Å². The highest BCUT2D eigenvalue weighted by Crippen LogP contribution is 2.23. The van der Waals surface area contributed by atoms with E-state index in [2.05, 4.69) is 10.6 Å². The maximum atomic E-state index is 12.2. The molecule has 0 unspecified atom stereocenters. The molecular formula is C18H18Cl2N2O2. The second-order valence-electron chi connectivity index (χ2n) is 5.81. The molecule has 0 aromatic heterocycles. The van der Waals surface area contributed by atoms with Gasteiger partial charge in [-0.15, -0.1) is 0 Å². The maximum absolute atomic E-state index is 12.2. The molecule has 24 heavy (non-hydrogen) atoms. The van der Waals surface area contributed by atoms with E-state index in [4.69, 9.17) is 23.2 Å². The molecule has 0 aliphatic heterocycles. The number of rotatable bonds is 5. The average Bonchev–Trinajstić information content (AvgIpc) is 2.51. The van der Waals surface area contributed by atoms with Gasteiger partial charge in [-0.1, -0.05) is 37.0 Å². The number of benzene rings is 2. The number of nitrogens with one attached hydrogen (secondary N) is 2. The molecule has 126 valence electrons. The summed E-state index contributed by atoms with van der Waals surface area (Å²) in [5.74, 6) is -0.0162. The molecule has 2 N–H and O–H groups in total. The van der Waals surface area contributed by atoms with Crippen molar-refractivity contribution in [3.05, 3.63) is 58.1 Å². The summed E-state index contributed by atoms with van der Waals surface area (Å²) in [5.41, 5.74) is 1.72. The Morgan fingerprint density at radius 3 is 2.04 bits per heavy atom. The zero-order valence-corrected chi connectivity index (χ0v) is 14.9. The first-order chi connectivity index (χ1) is 11.3. The van der Waals surface area contributed by atoms with Crippen molar-refractivity contribution in [1.29, 1.82) is 0 Å². The van der Waals surface area contributed by atoms with Gasteiger partial charge in [0.05, 0.1) is 10.0 Å². The molecule has 0 saturated carbocycles. The van der Waals surface area contributed by atoms with Gasteiger partial charge in [0.15, 0.2) is 0 Å². The van der Waals surface area contributed by atoms with Crippen molar-refractivity contribution in [2.45, 2.75) is 20.3 Å². The van der Waals surface area contributed by atoms with Crippen LogP contribution in [-0.2, 0) is 4.79 Å². The number of hydrogen-bond donors (Lipinski definition) is 2. The van der Waals surface area contributed by atoms with Crippen LogP contribution in [0.3, 0.4) is 0 Å². The molecule has 0 radical (unpaired) electrons. The standard InChI is InChI=1S/C18H18Cl2N2O2/c1-11(2)9-17(23)21-13-4-6-14(7-5-13)22-18(24)12-3-8-15(19)16(20)10-12/h3-8,10-11H,9H2,1-2H3,(H,21,23)(H,22,24). The smallest absolute Gasteiger partial charge is 0.255 e. The first kappa shape index (κ1) is 18.3. The van der Waals surface area contributed by atoms with Crippen molar-refractivity contribution in [2.75, 3.05) is 10.6 Å². The Labute approximate surface area is 151 Å². The highest BCUT2D eigenvalue weighted by atomic mass is 35.5. The largest absolute Gasteiger partial charge is 0.326 e. The highest BCUT2D eigenvalue weighted by molar-refractivity contribution is 6.42. The Bertz CT molecular complexity index is 743. The number of amides is 2. The van der Waals surface area contributed by atoms with Gasteiger partial charge >= 0.3 is 0 Å². The fourth-order valence-electron chi connectivity index (χ4n) is 2.06. The van der Waals surface area contributed by atoms with Crippen LogP contribution in [0.2, 0.25) is 10.0 Å². The van der Waals surface area contributed by atoms with E-state index in [0.717, 1.165) is 0 Å². The van der Waals surface area contributed by atoms with Crippen LogP contribution in [0.25, 0.3) is 0 Å². The quantitative estimate of drug-likeness (QED) is 0.762. The fourth-order valence-corrected chi connectivity index (χ4v) is 2.36. The van der Waals surface area contributed by atoms with Gasteiger partial charge < -0.3 is 10.6 Å². The minimum absolute atomic E-state index is 0.0300. The zero-order valence-electron chi connectivity index (χ0n) is 13.4. The van der Waals surface area contributed by atoms with Gasteiger partial charge in [0.1, 0.15) is 0 Å². The summed E-state index contributed by atoms with van der Waals surface area (Å²) in [5, 5.41) is 6.30. The third-order valence-corrected chi connectivity index (χ3v) is 3.94. The third kappa shape index (κ3) is 5.25. The monoisotopic (exact) mass is 364 g/mol. The molecule has 0 aliphatic carbocycles. The molecule has 0 saturated heterocycles. The van der Waals surface area contributed by atoms with Gasteiger partial charge in [-0.3, -0.25) is 9.59 Å². The molecule has 0 spiro atoms. The SMILES string of the molecule is CC(C)CC(=O)Nc1ccc(NC(=O)c2ccc(Cl)c(Cl)c2)cc1. The first-order valence-corrected chi connectivity index (χ1v) is 8.27. The van der Waals surface area contributed by atoms with Crippen LogP contribution >= 0.6 is 23.2 Å². The number of carbonyl (C=O) groups is 2. The number of halogens is 2. The summed E-state index contributed by atoms with van der Waals surface area (Å²) in [7, 11) is 0. The van der Waals surface area contributed by atoms with Gasteiger partial charge in [-0.05, 0) is 48.4 Å².